The van der Waals surface area contributed by atoms with Crippen LogP contribution in [0.15, 0.2) is 18.2 Å². The van der Waals surface area contributed by atoms with Gasteiger partial charge in [0.2, 0.25) is 5.91 Å². The first kappa shape index (κ1) is 24.4. The van der Waals surface area contributed by atoms with E-state index in [4.69, 9.17) is 4.74 Å². The molecule has 2 aliphatic heterocycles. The van der Waals surface area contributed by atoms with Gasteiger partial charge in [-0.25, -0.2) is 0 Å². The van der Waals surface area contributed by atoms with Gasteiger partial charge in [-0.2, -0.15) is 0 Å². The number of carbonyl (C=O) groups is 3. The Kier molecular flexibility index (Phi) is 7.85. The number of ether oxygens (including phenoxy) is 1. The third-order valence-electron chi connectivity index (χ3n) is 6.08. The molecule has 0 aromatic heterocycles. The van der Waals surface area contributed by atoms with E-state index in [9.17, 15) is 24.5 Å². The number of piperazine rings is 1. The Morgan fingerprint density at radius 1 is 1.09 bits per heavy atom. The normalized spacial score (nSPS) is 21.4. The third-order valence-corrected chi connectivity index (χ3v) is 6.08. The summed E-state index contributed by atoms with van der Waals surface area (Å²) in [7, 11) is 1.37. The number of nitro groups is 1. The fraction of sp³-hybridized carbons (Fsp3) is 0.591. The average Bonchev–Trinajstić information content (AvgIpc) is 2.78. The Morgan fingerprint density at radius 3 is 2.30 bits per heavy atom. The molecule has 11 heteroatoms. The highest BCUT2D eigenvalue weighted by Gasteiger charge is 2.30. The van der Waals surface area contributed by atoms with E-state index in [2.05, 4.69) is 19.2 Å². The Labute approximate surface area is 192 Å². The van der Waals surface area contributed by atoms with Crippen LogP contribution in [-0.2, 0) is 14.4 Å². The average molecular weight is 462 g/mol. The summed E-state index contributed by atoms with van der Waals surface area (Å²) in [5, 5.41) is 13.4. The van der Waals surface area contributed by atoms with Crippen molar-refractivity contribution in [1.82, 2.24) is 14.7 Å². The van der Waals surface area contributed by atoms with Crippen molar-refractivity contribution in [2.75, 3.05) is 58.2 Å². The standard InChI is InChI=1S/C22H31N5O6/c1-15-10-16(2)13-26(12-15)20(28)14-24-6-8-25(9-7-24)22(30)21(29)23-18-11-17(27(31)32)4-5-19(18)33-3/h4-5,11,15-16H,6-10,12-14H2,1-3H3,(H,23,29). The van der Waals surface area contributed by atoms with Crippen molar-refractivity contribution in [3.05, 3.63) is 28.3 Å². The SMILES string of the molecule is COc1ccc([N+](=O)[O-])cc1NC(=O)C(=O)N1CCN(CC(=O)N2CC(C)CC(C)C2)CC1. The van der Waals surface area contributed by atoms with Crippen LogP contribution in [-0.4, -0.2) is 90.3 Å². The van der Waals surface area contributed by atoms with Crippen molar-refractivity contribution >= 4 is 29.1 Å². The highest BCUT2D eigenvalue weighted by Crippen LogP contribution is 2.29. The summed E-state index contributed by atoms with van der Waals surface area (Å²) >= 11 is 0. The molecular formula is C22H31N5O6. The molecule has 2 unspecified atom stereocenters. The van der Waals surface area contributed by atoms with Gasteiger partial charge in [-0.1, -0.05) is 13.8 Å². The van der Waals surface area contributed by atoms with Crippen molar-refractivity contribution in [1.29, 1.82) is 0 Å². The Morgan fingerprint density at radius 2 is 1.73 bits per heavy atom. The molecule has 180 valence electrons. The minimum absolute atomic E-state index is 0.0549. The van der Waals surface area contributed by atoms with Crippen LogP contribution < -0.4 is 10.1 Å². The second-order valence-electron chi connectivity index (χ2n) is 8.91. The minimum atomic E-state index is -0.894. The van der Waals surface area contributed by atoms with Gasteiger partial charge >= 0.3 is 11.8 Å². The molecular weight excluding hydrogens is 430 g/mol. The van der Waals surface area contributed by atoms with Crippen LogP contribution in [0.5, 0.6) is 5.75 Å². The molecule has 2 saturated heterocycles. The zero-order valence-electron chi connectivity index (χ0n) is 19.3. The van der Waals surface area contributed by atoms with E-state index in [0.717, 1.165) is 25.6 Å². The number of amides is 3. The number of rotatable bonds is 5. The molecule has 33 heavy (non-hydrogen) atoms. The van der Waals surface area contributed by atoms with E-state index >= 15 is 0 Å². The van der Waals surface area contributed by atoms with Crippen molar-refractivity contribution in [2.24, 2.45) is 11.8 Å². The number of hydrogen-bond acceptors (Lipinski definition) is 7. The number of carbonyl (C=O) groups excluding carboxylic acids is 3. The van der Waals surface area contributed by atoms with Gasteiger partial charge in [0, 0.05) is 51.4 Å². The first-order valence-corrected chi connectivity index (χ1v) is 11.1. The first-order chi connectivity index (χ1) is 15.7. The molecule has 0 saturated carbocycles. The number of benzene rings is 1. The summed E-state index contributed by atoms with van der Waals surface area (Å²) in [4.78, 5) is 53.6. The fourth-order valence-corrected chi connectivity index (χ4v) is 4.49. The lowest BCUT2D eigenvalue weighted by Gasteiger charge is -2.38. The number of anilines is 1. The molecule has 0 radical (unpaired) electrons. The second kappa shape index (κ2) is 10.6. The summed E-state index contributed by atoms with van der Waals surface area (Å²) in [6, 6.07) is 3.76. The third kappa shape index (κ3) is 6.19. The maximum Gasteiger partial charge on any atom is 0.314 e. The number of hydrogen-bond donors (Lipinski definition) is 1. The summed E-state index contributed by atoms with van der Waals surface area (Å²) in [5.74, 6) is -0.316. The lowest BCUT2D eigenvalue weighted by Crippen LogP contribution is -2.54. The molecule has 0 bridgehead atoms. The molecule has 2 heterocycles. The smallest absolute Gasteiger partial charge is 0.314 e. The maximum atomic E-state index is 12.7. The summed E-state index contributed by atoms with van der Waals surface area (Å²) in [6.07, 6.45) is 1.13. The van der Waals surface area contributed by atoms with Crippen LogP contribution in [0.3, 0.4) is 0 Å². The molecule has 3 rings (SSSR count). The molecule has 1 aromatic rings. The number of likely N-dealkylation sites (tertiary alicyclic amines) is 1. The van der Waals surface area contributed by atoms with Gasteiger partial charge in [-0.05, 0) is 24.3 Å². The zero-order valence-corrected chi connectivity index (χ0v) is 19.3. The minimum Gasteiger partial charge on any atom is -0.495 e. The van der Waals surface area contributed by atoms with Crippen LogP contribution in [0.25, 0.3) is 0 Å². The molecule has 2 aliphatic rings. The topological polar surface area (TPSA) is 125 Å². The van der Waals surface area contributed by atoms with Gasteiger partial charge in [-0.3, -0.25) is 29.4 Å². The van der Waals surface area contributed by atoms with Gasteiger partial charge < -0.3 is 19.9 Å². The Balaban J connectivity index is 1.52. The van der Waals surface area contributed by atoms with Crippen molar-refractivity contribution < 1.29 is 24.0 Å². The van der Waals surface area contributed by atoms with E-state index in [1.54, 1.807) is 0 Å². The van der Waals surface area contributed by atoms with Crippen LogP contribution in [0, 0.1) is 22.0 Å². The van der Waals surface area contributed by atoms with E-state index in [1.807, 2.05) is 9.80 Å². The van der Waals surface area contributed by atoms with Crippen LogP contribution in [0.2, 0.25) is 0 Å². The number of nitro benzene ring substituents is 1. The van der Waals surface area contributed by atoms with Crippen molar-refractivity contribution in [3.63, 3.8) is 0 Å². The van der Waals surface area contributed by atoms with Crippen LogP contribution in [0.1, 0.15) is 20.3 Å². The van der Waals surface area contributed by atoms with Crippen LogP contribution in [0.4, 0.5) is 11.4 Å². The first-order valence-electron chi connectivity index (χ1n) is 11.1. The predicted molar refractivity (Wildman–Crippen MR) is 121 cm³/mol. The molecule has 0 spiro atoms. The molecule has 1 aromatic carbocycles. The number of non-ortho nitro benzene ring substituents is 1. The van der Waals surface area contributed by atoms with Crippen molar-refractivity contribution in [3.8, 4) is 5.75 Å². The maximum absolute atomic E-state index is 12.7. The lowest BCUT2D eigenvalue weighted by molar-refractivity contribution is -0.384. The lowest BCUT2D eigenvalue weighted by atomic mass is 9.92. The summed E-state index contributed by atoms with van der Waals surface area (Å²) < 4.78 is 5.12. The van der Waals surface area contributed by atoms with Gasteiger partial charge in [0.15, 0.2) is 0 Å². The molecule has 3 amide bonds. The number of nitrogens with one attached hydrogen (secondary N) is 1. The van der Waals surface area contributed by atoms with Gasteiger partial charge in [0.25, 0.3) is 5.69 Å². The quantitative estimate of drug-likeness (QED) is 0.397. The number of nitrogens with zero attached hydrogens (tertiary/aromatic N) is 4. The Hall–Kier alpha value is -3.21. The predicted octanol–water partition coefficient (Wildman–Crippen LogP) is 1.19. The monoisotopic (exact) mass is 461 g/mol. The van der Waals surface area contributed by atoms with E-state index < -0.39 is 16.7 Å². The molecule has 11 nitrogen and oxygen atoms in total. The summed E-state index contributed by atoms with van der Waals surface area (Å²) in [6.45, 7) is 7.80. The molecule has 2 fully saturated rings. The van der Waals surface area contributed by atoms with Crippen LogP contribution >= 0.6 is 0 Å². The van der Waals surface area contributed by atoms with Gasteiger partial charge in [-0.15, -0.1) is 0 Å². The summed E-state index contributed by atoms with van der Waals surface area (Å²) in [5.41, 5.74) is -0.173. The van der Waals surface area contributed by atoms with E-state index in [1.165, 1.54) is 24.1 Å². The largest absolute Gasteiger partial charge is 0.495 e. The number of methoxy groups -OCH3 is 1. The number of piperidine rings is 1. The highest BCUT2D eigenvalue weighted by molar-refractivity contribution is 6.39. The second-order valence-corrected chi connectivity index (χ2v) is 8.91. The van der Waals surface area contributed by atoms with Gasteiger partial charge in [0.05, 0.1) is 24.3 Å². The fourth-order valence-electron chi connectivity index (χ4n) is 4.49. The van der Waals surface area contributed by atoms with E-state index in [-0.39, 0.29) is 23.0 Å². The molecule has 1 N–H and O–H groups in total. The molecule has 2 atom stereocenters. The van der Waals surface area contributed by atoms with E-state index in [0.29, 0.717) is 44.6 Å². The zero-order chi connectivity index (χ0) is 24.1. The Bertz CT molecular complexity index is 905. The van der Waals surface area contributed by atoms with Crippen molar-refractivity contribution in [2.45, 2.75) is 20.3 Å². The molecule has 0 aliphatic carbocycles. The van der Waals surface area contributed by atoms with Gasteiger partial charge in [0.1, 0.15) is 5.75 Å². The highest BCUT2D eigenvalue weighted by atomic mass is 16.6.